The van der Waals surface area contributed by atoms with Gasteiger partial charge in [-0.2, -0.15) is 8.42 Å². The molecule has 1 saturated heterocycles. The van der Waals surface area contributed by atoms with Crippen LogP contribution in [0, 0.1) is 5.82 Å². The van der Waals surface area contributed by atoms with Gasteiger partial charge in [-0.1, -0.05) is 0 Å². The van der Waals surface area contributed by atoms with Crippen molar-refractivity contribution in [2.75, 3.05) is 37.3 Å². The average Bonchev–Trinajstić information content (AvgIpc) is 2.61. The van der Waals surface area contributed by atoms with Crippen LogP contribution in [-0.4, -0.2) is 56.4 Å². The minimum Gasteiger partial charge on any atom is -0.352 e. The second-order valence-electron chi connectivity index (χ2n) is 6.13. The first-order chi connectivity index (χ1) is 12.7. The van der Waals surface area contributed by atoms with Crippen molar-refractivity contribution in [1.29, 1.82) is 0 Å². The van der Waals surface area contributed by atoms with Gasteiger partial charge < -0.3 is 19.0 Å². The average molecular weight is 398 g/mol. The van der Waals surface area contributed by atoms with E-state index in [-0.39, 0.29) is 16.9 Å². The topological polar surface area (TPSA) is 111 Å². The second-order valence-corrected chi connectivity index (χ2v) is 7.71. The summed E-state index contributed by atoms with van der Waals surface area (Å²) in [5.74, 6) is -1.85. The summed E-state index contributed by atoms with van der Waals surface area (Å²) in [5, 5.41) is 3.05. The zero-order chi connectivity index (χ0) is 19.8. The van der Waals surface area contributed by atoms with Crippen molar-refractivity contribution in [2.24, 2.45) is 0 Å². The normalized spacial score (nSPS) is 15.1. The molecule has 11 heteroatoms. The molecule has 27 heavy (non-hydrogen) atoms. The van der Waals surface area contributed by atoms with Gasteiger partial charge in [0.1, 0.15) is 11.2 Å². The van der Waals surface area contributed by atoms with Crippen molar-refractivity contribution < 1.29 is 21.8 Å². The first-order valence-corrected chi connectivity index (χ1v) is 10.2. The van der Waals surface area contributed by atoms with E-state index < -0.39 is 32.9 Å². The third-order valence-electron chi connectivity index (χ3n) is 4.19. The number of aromatic nitrogens is 2. The van der Waals surface area contributed by atoms with E-state index in [0.29, 0.717) is 39.0 Å². The maximum atomic E-state index is 14.6. The van der Waals surface area contributed by atoms with Crippen LogP contribution in [0.3, 0.4) is 0 Å². The summed E-state index contributed by atoms with van der Waals surface area (Å²) in [6.07, 6.45) is 1.88. The molecule has 3 rings (SSSR count). The van der Waals surface area contributed by atoms with E-state index in [4.69, 9.17) is 0 Å². The van der Waals surface area contributed by atoms with Crippen molar-refractivity contribution in [3.8, 4) is 0 Å². The Morgan fingerprint density at radius 3 is 2.63 bits per heavy atom. The van der Waals surface area contributed by atoms with E-state index in [1.54, 1.807) is 11.8 Å². The Morgan fingerprint density at radius 2 is 2.04 bits per heavy atom. The molecule has 0 amide bonds. The Morgan fingerprint density at radius 1 is 1.37 bits per heavy atom. The largest absolute Gasteiger partial charge is 0.359 e. The van der Waals surface area contributed by atoms with Gasteiger partial charge in [-0.15, -0.1) is 0 Å². The van der Waals surface area contributed by atoms with Crippen molar-refractivity contribution >= 4 is 32.9 Å². The van der Waals surface area contributed by atoms with Gasteiger partial charge in [0.15, 0.2) is 11.6 Å². The first kappa shape index (κ1) is 19.2. The highest BCUT2D eigenvalue weighted by molar-refractivity contribution is 7.86. The zero-order valence-electron chi connectivity index (χ0n) is 14.9. The summed E-state index contributed by atoms with van der Waals surface area (Å²) >= 11 is 0. The highest BCUT2D eigenvalue weighted by Crippen LogP contribution is 2.22. The Labute approximate surface area is 154 Å². The molecule has 0 spiro atoms. The quantitative estimate of drug-likeness (QED) is 0.721. The summed E-state index contributed by atoms with van der Waals surface area (Å²) in [4.78, 5) is 30.8. The van der Waals surface area contributed by atoms with Crippen LogP contribution >= 0.6 is 0 Å². The number of pyridine rings is 2. The molecule has 0 radical (unpaired) electrons. The van der Waals surface area contributed by atoms with E-state index in [2.05, 4.69) is 14.5 Å². The van der Waals surface area contributed by atoms with E-state index in [1.807, 2.05) is 0 Å². The Bertz CT molecular complexity index is 1060. The van der Waals surface area contributed by atoms with E-state index in [0.717, 1.165) is 6.07 Å². The Balaban J connectivity index is 2.17. The molecule has 1 aliphatic heterocycles. The summed E-state index contributed by atoms with van der Waals surface area (Å²) in [6.45, 7) is 4.61. The van der Waals surface area contributed by atoms with Crippen molar-refractivity contribution in [3.05, 3.63) is 33.9 Å². The monoisotopic (exact) mass is 398 g/mol. The van der Waals surface area contributed by atoms with Gasteiger partial charge in [0.2, 0.25) is 5.43 Å². The van der Waals surface area contributed by atoms with E-state index in [1.165, 1.54) is 10.8 Å². The number of carbonyl (C=O) groups is 1. The number of hydrogen-bond acceptors (Lipinski definition) is 8. The van der Waals surface area contributed by atoms with Crippen LogP contribution < -0.4 is 15.6 Å². The van der Waals surface area contributed by atoms with Gasteiger partial charge >= 0.3 is 16.1 Å². The van der Waals surface area contributed by atoms with Crippen LogP contribution in [0.2, 0.25) is 0 Å². The molecule has 0 saturated carbocycles. The number of nitrogens with one attached hydrogen (secondary N) is 1. The number of anilines is 1. The molecule has 1 aliphatic rings. The van der Waals surface area contributed by atoms with Gasteiger partial charge in [-0.3, -0.25) is 4.79 Å². The lowest BCUT2D eigenvalue weighted by Gasteiger charge is -2.29. The lowest BCUT2D eigenvalue weighted by molar-refractivity contribution is 0.0746. The minimum atomic E-state index is -4.09. The van der Waals surface area contributed by atoms with Crippen molar-refractivity contribution in [1.82, 2.24) is 14.9 Å². The van der Waals surface area contributed by atoms with Crippen LogP contribution in [-0.2, 0) is 20.8 Å². The van der Waals surface area contributed by atoms with E-state index >= 15 is 0 Å². The Kier molecular flexibility index (Phi) is 5.16. The van der Waals surface area contributed by atoms with Gasteiger partial charge in [0.25, 0.3) is 0 Å². The smallest absolute Gasteiger partial charge is 0.352 e. The molecule has 2 aromatic heterocycles. The predicted octanol–water partition coefficient (Wildman–Crippen LogP) is 0.0815. The van der Waals surface area contributed by atoms with Gasteiger partial charge in [-0.25, -0.2) is 14.2 Å². The number of fused-ring (bicyclic) bond motifs is 1. The number of piperazine rings is 1. The van der Waals surface area contributed by atoms with Crippen LogP contribution in [0.1, 0.15) is 17.3 Å². The van der Waals surface area contributed by atoms with Crippen LogP contribution in [0.5, 0.6) is 0 Å². The fraction of sp³-hybridized carbons (Fsp3) is 0.438. The van der Waals surface area contributed by atoms with Gasteiger partial charge in [0.05, 0.1) is 11.6 Å². The van der Waals surface area contributed by atoms with Gasteiger partial charge in [0, 0.05) is 38.9 Å². The van der Waals surface area contributed by atoms with Crippen LogP contribution in [0.15, 0.2) is 17.1 Å². The van der Waals surface area contributed by atoms with E-state index in [9.17, 15) is 22.4 Å². The molecule has 146 valence electrons. The number of nitrogens with zero attached hydrogens (tertiary/aromatic N) is 3. The molecular formula is C16H19FN4O5S. The third kappa shape index (κ3) is 3.93. The fourth-order valence-electron chi connectivity index (χ4n) is 2.94. The molecule has 0 atom stereocenters. The molecule has 2 aromatic rings. The lowest BCUT2D eigenvalue weighted by Crippen LogP contribution is -2.44. The standard InChI is InChI=1S/C16H19FN4O5S/c1-3-20-9-11(16(23)26-27(2,24)25)13(22)10-8-12(17)15(19-14(10)20)21-6-4-18-5-7-21/h8-9,18H,3-7H2,1-2H3. The van der Waals surface area contributed by atoms with Gasteiger partial charge in [-0.05, 0) is 13.0 Å². The number of halogens is 1. The predicted molar refractivity (Wildman–Crippen MR) is 97.0 cm³/mol. The highest BCUT2D eigenvalue weighted by atomic mass is 32.2. The zero-order valence-corrected chi connectivity index (χ0v) is 15.7. The highest BCUT2D eigenvalue weighted by Gasteiger charge is 2.23. The first-order valence-electron chi connectivity index (χ1n) is 8.34. The van der Waals surface area contributed by atoms with Crippen LogP contribution in [0.25, 0.3) is 11.0 Å². The fourth-order valence-corrected chi connectivity index (χ4v) is 3.31. The number of aryl methyl sites for hydroxylation is 1. The number of rotatable bonds is 4. The molecule has 1 N–H and O–H groups in total. The molecule has 3 heterocycles. The summed E-state index contributed by atoms with van der Waals surface area (Å²) in [6, 6.07) is 1.03. The minimum absolute atomic E-state index is 0.115. The molecule has 0 aliphatic carbocycles. The molecular weight excluding hydrogens is 379 g/mol. The summed E-state index contributed by atoms with van der Waals surface area (Å²) in [5.41, 5.74) is -1.11. The molecule has 1 fully saturated rings. The van der Waals surface area contributed by atoms with Crippen LogP contribution in [0.4, 0.5) is 10.2 Å². The third-order valence-corrected chi connectivity index (χ3v) is 4.64. The summed E-state index contributed by atoms with van der Waals surface area (Å²) < 4.78 is 42.8. The Hall–Kier alpha value is -2.53. The second kappa shape index (κ2) is 7.24. The maximum Gasteiger partial charge on any atom is 0.359 e. The van der Waals surface area contributed by atoms with Crippen molar-refractivity contribution in [2.45, 2.75) is 13.5 Å². The summed E-state index contributed by atoms with van der Waals surface area (Å²) in [7, 11) is -4.09. The SMILES string of the molecule is CCn1cc(C(=O)OS(C)(=O)=O)c(=O)c2cc(F)c(N3CCNCC3)nc21. The number of carbonyl (C=O) groups excluding carboxylic acids is 1. The number of hydrogen-bond donors (Lipinski definition) is 1. The maximum absolute atomic E-state index is 14.6. The molecule has 0 bridgehead atoms. The molecule has 0 aromatic carbocycles. The lowest BCUT2D eigenvalue weighted by atomic mass is 10.2. The molecule has 0 unspecified atom stereocenters. The van der Waals surface area contributed by atoms with Crippen molar-refractivity contribution in [3.63, 3.8) is 0 Å². The molecule has 9 nitrogen and oxygen atoms in total.